The lowest BCUT2D eigenvalue weighted by Crippen LogP contribution is -2.20. The SMILES string of the molecule is COC(=O)C(=Cc1c(O)[nH]c2ccccc12)C1=Nc2ccccc2C1=O. The fourth-order valence-corrected chi connectivity index (χ4v) is 3.02. The summed E-state index contributed by atoms with van der Waals surface area (Å²) in [5.74, 6) is -1.15. The van der Waals surface area contributed by atoms with Gasteiger partial charge in [0.2, 0.25) is 5.78 Å². The molecule has 0 aliphatic carbocycles. The first kappa shape index (κ1) is 15.8. The van der Waals surface area contributed by atoms with Gasteiger partial charge in [-0.3, -0.25) is 4.79 Å². The number of benzene rings is 2. The Morgan fingerprint density at radius 2 is 1.88 bits per heavy atom. The highest BCUT2D eigenvalue weighted by atomic mass is 16.5. The van der Waals surface area contributed by atoms with Crippen LogP contribution in [0.15, 0.2) is 59.1 Å². The van der Waals surface area contributed by atoms with Crippen LogP contribution in [0.1, 0.15) is 15.9 Å². The number of para-hydroxylation sites is 2. The van der Waals surface area contributed by atoms with E-state index in [1.165, 1.54) is 13.2 Å². The minimum absolute atomic E-state index is 0.00253. The van der Waals surface area contributed by atoms with Crippen LogP contribution >= 0.6 is 0 Å². The van der Waals surface area contributed by atoms with Crippen LogP contribution in [0.3, 0.4) is 0 Å². The van der Waals surface area contributed by atoms with E-state index in [1.807, 2.05) is 12.1 Å². The van der Waals surface area contributed by atoms with Crippen molar-refractivity contribution in [3.63, 3.8) is 0 Å². The quantitative estimate of drug-likeness (QED) is 0.562. The van der Waals surface area contributed by atoms with Gasteiger partial charge in [-0.15, -0.1) is 0 Å². The maximum Gasteiger partial charge on any atom is 0.340 e. The van der Waals surface area contributed by atoms with Crippen molar-refractivity contribution in [3.8, 4) is 5.88 Å². The Kier molecular flexibility index (Phi) is 3.65. The minimum atomic E-state index is -0.699. The van der Waals surface area contributed by atoms with Crippen LogP contribution in [0.4, 0.5) is 5.69 Å². The van der Waals surface area contributed by atoms with E-state index in [9.17, 15) is 14.7 Å². The topological polar surface area (TPSA) is 91.8 Å². The summed E-state index contributed by atoms with van der Waals surface area (Å²) in [4.78, 5) is 32.2. The average Bonchev–Trinajstić information content (AvgIpc) is 3.16. The highest BCUT2D eigenvalue weighted by Crippen LogP contribution is 2.33. The summed E-state index contributed by atoms with van der Waals surface area (Å²) in [7, 11) is 1.23. The molecule has 2 aromatic carbocycles. The molecule has 0 atom stereocenters. The molecule has 2 N–H and O–H groups in total. The second-order valence-electron chi connectivity index (χ2n) is 5.79. The van der Waals surface area contributed by atoms with Gasteiger partial charge in [0.15, 0.2) is 5.88 Å². The number of nitrogens with zero attached hydrogens (tertiary/aromatic N) is 1. The van der Waals surface area contributed by atoms with E-state index in [-0.39, 0.29) is 22.9 Å². The highest BCUT2D eigenvalue weighted by Gasteiger charge is 2.31. The lowest BCUT2D eigenvalue weighted by molar-refractivity contribution is -0.135. The van der Waals surface area contributed by atoms with Crippen LogP contribution in [0.2, 0.25) is 0 Å². The summed E-state index contributed by atoms with van der Waals surface area (Å²) in [5.41, 5.74) is 2.04. The van der Waals surface area contributed by atoms with Gasteiger partial charge in [0.1, 0.15) is 5.71 Å². The molecule has 0 amide bonds. The lowest BCUT2D eigenvalue weighted by atomic mass is 10.0. The number of nitrogens with one attached hydrogen (secondary N) is 1. The third-order valence-electron chi connectivity index (χ3n) is 4.27. The summed E-state index contributed by atoms with van der Waals surface area (Å²) in [6.45, 7) is 0. The predicted octanol–water partition coefficient (Wildman–Crippen LogP) is 3.40. The van der Waals surface area contributed by atoms with E-state index >= 15 is 0 Å². The molecule has 26 heavy (non-hydrogen) atoms. The van der Waals surface area contributed by atoms with Crippen molar-refractivity contribution in [1.82, 2.24) is 4.98 Å². The normalized spacial score (nSPS) is 13.7. The third kappa shape index (κ3) is 2.39. The molecular formula is C20H14N2O4. The molecule has 3 aromatic rings. The molecule has 0 radical (unpaired) electrons. The summed E-state index contributed by atoms with van der Waals surface area (Å²) >= 11 is 0. The molecule has 0 bridgehead atoms. The van der Waals surface area contributed by atoms with Gasteiger partial charge >= 0.3 is 5.97 Å². The van der Waals surface area contributed by atoms with E-state index in [0.29, 0.717) is 22.3 Å². The third-order valence-corrected chi connectivity index (χ3v) is 4.27. The first-order chi connectivity index (χ1) is 12.6. The van der Waals surface area contributed by atoms with Crippen LogP contribution in [0.25, 0.3) is 17.0 Å². The van der Waals surface area contributed by atoms with Gasteiger partial charge in [-0.05, 0) is 24.3 Å². The van der Waals surface area contributed by atoms with Crippen molar-refractivity contribution in [3.05, 3.63) is 65.2 Å². The smallest absolute Gasteiger partial charge is 0.340 e. The van der Waals surface area contributed by atoms with Crippen molar-refractivity contribution in [2.24, 2.45) is 4.99 Å². The van der Waals surface area contributed by atoms with Crippen LogP contribution in [0, 0.1) is 0 Å². The number of aromatic nitrogens is 1. The molecule has 6 heteroatoms. The minimum Gasteiger partial charge on any atom is -0.494 e. The molecule has 0 unspecified atom stereocenters. The van der Waals surface area contributed by atoms with Crippen molar-refractivity contribution >= 4 is 40.1 Å². The van der Waals surface area contributed by atoms with Crippen molar-refractivity contribution in [1.29, 1.82) is 0 Å². The summed E-state index contributed by atoms with van der Waals surface area (Å²) in [6.07, 6.45) is 1.43. The fourth-order valence-electron chi connectivity index (χ4n) is 3.02. The number of ether oxygens (including phenoxy) is 1. The van der Waals surface area contributed by atoms with Gasteiger partial charge < -0.3 is 14.8 Å². The molecule has 1 aliphatic rings. The number of methoxy groups -OCH3 is 1. The standard InChI is InChI=1S/C20H14N2O4/c1-26-20(25)14(17-18(23)12-7-3-5-9-16(12)21-17)10-13-11-6-2-4-8-15(11)22-19(13)24/h2-10,22,24H,1H3. The van der Waals surface area contributed by atoms with Gasteiger partial charge in [0, 0.05) is 22.0 Å². The number of fused-ring (bicyclic) bond motifs is 2. The Bertz CT molecular complexity index is 1120. The molecule has 128 valence electrons. The first-order valence-corrected chi connectivity index (χ1v) is 7.92. The number of Topliss-reactive ketones (excluding diaryl/α,β-unsaturated/α-hetero) is 1. The molecule has 2 heterocycles. The molecule has 0 spiro atoms. The predicted molar refractivity (Wildman–Crippen MR) is 97.8 cm³/mol. The second kappa shape index (κ2) is 6.00. The molecular weight excluding hydrogens is 332 g/mol. The number of ketones is 1. The number of carbonyl (C=O) groups excluding carboxylic acids is 2. The molecule has 1 aromatic heterocycles. The van der Waals surface area contributed by atoms with E-state index in [1.54, 1.807) is 36.4 Å². The number of hydrogen-bond donors (Lipinski definition) is 2. The first-order valence-electron chi connectivity index (χ1n) is 7.92. The van der Waals surface area contributed by atoms with Crippen LogP contribution < -0.4 is 0 Å². The monoisotopic (exact) mass is 346 g/mol. The van der Waals surface area contributed by atoms with E-state index in [2.05, 4.69) is 9.98 Å². The number of aromatic hydroxyl groups is 1. The Morgan fingerprint density at radius 3 is 2.65 bits per heavy atom. The molecule has 0 fully saturated rings. The molecule has 0 saturated heterocycles. The molecule has 4 rings (SSSR count). The summed E-state index contributed by atoms with van der Waals surface area (Å²) < 4.78 is 4.84. The Hall–Kier alpha value is -3.67. The number of H-pyrrole nitrogens is 1. The van der Waals surface area contributed by atoms with Gasteiger partial charge in [0.05, 0.1) is 18.4 Å². The largest absolute Gasteiger partial charge is 0.494 e. The summed E-state index contributed by atoms with van der Waals surface area (Å²) in [5, 5.41) is 11.0. The molecule has 1 aliphatic heterocycles. The zero-order valence-corrected chi connectivity index (χ0v) is 13.8. The van der Waals surface area contributed by atoms with Gasteiger partial charge in [0.25, 0.3) is 0 Å². The molecule has 6 nitrogen and oxygen atoms in total. The number of carbonyl (C=O) groups is 2. The van der Waals surface area contributed by atoms with E-state index in [4.69, 9.17) is 4.74 Å². The van der Waals surface area contributed by atoms with Crippen molar-refractivity contribution < 1.29 is 19.4 Å². The number of esters is 1. The number of rotatable bonds is 3. The van der Waals surface area contributed by atoms with E-state index < -0.39 is 5.97 Å². The van der Waals surface area contributed by atoms with Gasteiger partial charge in [-0.1, -0.05) is 30.3 Å². The second-order valence-corrected chi connectivity index (χ2v) is 5.79. The zero-order chi connectivity index (χ0) is 18.3. The maximum atomic E-state index is 12.7. The van der Waals surface area contributed by atoms with E-state index in [0.717, 1.165) is 5.39 Å². The number of aromatic amines is 1. The van der Waals surface area contributed by atoms with Crippen molar-refractivity contribution in [2.75, 3.05) is 7.11 Å². The lowest BCUT2D eigenvalue weighted by Gasteiger charge is -2.05. The number of hydrogen-bond acceptors (Lipinski definition) is 5. The summed E-state index contributed by atoms with van der Waals surface area (Å²) in [6, 6.07) is 14.1. The average molecular weight is 346 g/mol. The fraction of sp³-hybridized carbons (Fsp3) is 0.0500. The highest BCUT2D eigenvalue weighted by molar-refractivity contribution is 6.59. The Balaban J connectivity index is 1.90. The number of aliphatic imine (C=N–C) groups is 1. The maximum absolute atomic E-state index is 12.7. The molecule has 0 saturated carbocycles. The zero-order valence-electron chi connectivity index (χ0n) is 13.8. The van der Waals surface area contributed by atoms with Crippen LogP contribution in [-0.4, -0.2) is 34.7 Å². The Labute approximate surface area is 148 Å². The van der Waals surface area contributed by atoms with Gasteiger partial charge in [-0.2, -0.15) is 0 Å². The van der Waals surface area contributed by atoms with Gasteiger partial charge in [-0.25, -0.2) is 9.79 Å². The van der Waals surface area contributed by atoms with Crippen LogP contribution in [0.5, 0.6) is 5.88 Å². The Morgan fingerprint density at radius 1 is 1.15 bits per heavy atom. The van der Waals surface area contributed by atoms with Crippen molar-refractivity contribution in [2.45, 2.75) is 0 Å². The van der Waals surface area contributed by atoms with Crippen LogP contribution in [-0.2, 0) is 9.53 Å².